The molecule has 0 fully saturated rings. The van der Waals surface area contributed by atoms with Crippen LogP contribution >= 0.6 is 0 Å². The van der Waals surface area contributed by atoms with Crippen molar-refractivity contribution in [2.75, 3.05) is 0 Å². The monoisotopic (exact) mass is 295 g/mol. The van der Waals surface area contributed by atoms with Crippen LogP contribution in [0, 0.1) is 12.3 Å². The van der Waals surface area contributed by atoms with E-state index >= 15 is 0 Å². The number of unbranched alkanes of at least 4 members (excludes halogenated alkanes) is 11. The molecule has 0 nitrogen and oxygen atoms in total. The third-order valence-electron chi connectivity index (χ3n) is 4.79. The Bertz CT molecular complexity index is 173. The molecule has 0 saturated carbocycles. The fraction of sp³-hybridized carbons (Fsp3) is 0.952. The lowest BCUT2D eigenvalue weighted by Crippen LogP contribution is -2.01. The maximum atomic E-state index is 2.33. The second-order valence-corrected chi connectivity index (χ2v) is 6.96. The standard InChI is InChI=1S/C21H43/c1-4-7-10-11-12-13-14-15-17-20-21(18-9-6-3)19-16-8-5-2/h5,21H,4,6-20H2,1-3H3. The van der Waals surface area contributed by atoms with Gasteiger partial charge in [0.1, 0.15) is 0 Å². The average molecular weight is 296 g/mol. The Labute approximate surface area is 136 Å². The Kier molecular flexibility index (Phi) is 18.1. The van der Waals surface area contributed by atoms with Crippen LogP contribution in [-0.4, -0.2) is 0 Å². The zero-order valence-corrected chi connectivity index (χ0v) is 15.5. The van der Waals surface area contributed by atoms with E-state index < -0.39 is 0 Å². The molecule has 0 bridgehead atoms. The van der Waals surface area contributed by atoms with Gasteiger partial charge in [-0.1, -0.05) is 124 Å². The molecule has 0 spiro atoms. The molecule has 0 aromatic rings. The third-order valence-corrected chi connectivity index (χ3v) is 4.79. The van der Waals surface area contributed by atoms with Gasteiger partial charge in [0.2, 0.25) is 0 Å². The summed E-state index contributed by atoms with van der Waals surface area (Å²) in [5.74, 6) is 1.02. The Hall–Kier alpha value is 0. The van der Waals surface area contributed by atoms with Gasteiger partial charge >= 0.3 is 0 Å². The lowest BCUT2D eigenvalue weighted by Gasteiger charge is -2.16. The normalized spacial score (nSPS) is 12.7. The highest BCUT2D eigenvalue weighted by molar-refractivity contribution is 4.64. The van der Waals surface area contributed by atoms with Gasteiger partial charge in [-0.3, -0.25) is 0 Å². The molecule has 0 aliphatic heterocycles. The summed E-state index contributed by atoms with van der Waals surface area (Å²) in [5, 5.41) is 0. The Morgan fingerprint density at radius 3 is 1.62 bits per heavy atom. The summed E-state index contributed by atoms with van der Waals surface area (Å²) in [6, 6.07) is 0. The van der Waals surface area contributed by atoms with Gasteiger partial charge < -0.3 is 0 Å². The van der Waals surface area contributed by atoms with Gasteiger partial charge in [0.05, 0.1) is 0 Å². The maximum Gasteiger partial charge on any atom is -0.0414 e. The van der Waals surface area contributed by atoms with E-state index in [4.69, 9.17) is 0 Å². The number of rotatable bonds is 17. The first-order valence-electron chi connectivity index (χ1n) is 10.1. The first kappa shape index (κ1) is 21.0. The summed E-state index contributed by atoms with van der Waals surface area (Å²) in [6.07, 6.45) is 25.5. The minimum Gasteiger partial charge on any atom is -0.0654 e. The quantitative estimate of drug-likeness (QED) is 0.238. The minimum absolute atomic E-state index is 1.02. The van der Waals surface area contributed by atoms with Crippen LogP contribution in [0.15, 0.2) is 0 Å². The third kappa shape index (κ3) is 16.2. The molecule has 0 aromatic heterocycles. The van der Waals surface area contributed by atoms with E-state index in [-0.39, 0.29) is 0 Å². The zero-order valence-electron chi connectivity index (χ0n) is 15.5. The van der Waals surface area contributed by atoms with E-state index in [0.717, 1.165) is 5.92 Å². The molecule has 1 atom stereocenters. The zero-order chi connectivity index (χ0) is 15.6. The van der Waals surface area contributed by atoms with Crippen molar-refractivity contribution in [2.45, 2.75) is 124 Å². The van der Waals surface area contributed by atoms with Crippen LogP contribution in [0.3, 0.4) is 0 Å². The van der Waals surface area contributed by atoms with Gasteiger partial charge in [-0.2, -0.15) is 0 Å². The molecule has 127 valence electrons. The van der Waals surface area contributed by atoms with Crippen molar-refractivity contribution in [1.82, 2.24) is 0 Å². The fourth-order valence-corrected chi connectivity index (χ4v) is 3.28. The van der Waals surface area contributed by atoms with Gasteiger partial charge in [0, 0.05) is 0 Å². The first-order valence-corrected chi connectivity index (χ1v) is 10.1. The summed E-state index contributed by atoms with van der Waals surface area (Å²) in [7, 11) is 0. The van der Waals surface area contributed by atoms with E-state index in [9.17, 15) is 0 Å². The highest BCUT2D eigenvalue weighted by atomic mass is 14.1. The molecule has 1 radical (unpaired) electrons. The van der Waals surface area contributed by atoms with E-state index in [0.29, 0.717) is 0 Å². The SMILES string of the molecule is C[CH]CCCC(CCCC)CCCCCCCCCCC. The van der Waals surface area contributed by atoms with Crippen LogP contribution < -0.4 is 0 Å². The summed E-state index contributed by atoms with van der Waals surface area (Å²) in [5.41, 5.74) is 0. The lowest BCUT2D eigenvalue weighted by molar-refractivity contribution is 0.377. The fourth-order valence-electron chi connectivity index (χ4n) is 3.28. The van der Waals surface area contributed by atoms with E-state index in [1.165, 1.54) is 103 Å². The van der Waals surface area contributed by atoms with Crippen molar-refractivity contribution in [3.05, 3.63) is 6.42 Å². The molecule has 0 rings (SSSR count). The van der Waals surface area contributed by atoms with Crippen molar-refractivity contribution in [3.8, 4) is 0 Å². The van der Waals surface area contributed by atoms with Gasteiger partial charge in [-0.05, 0) is 12.3 Å². The molecule has 0 heteroatoms. The van der Waals surface area contributed by atoms with Crippen molar-refractivity contribution < 1.29 is 0 Å². The summed E-state index contributed by atoms with van der Waals surface area (Å²) in [6.45, 7) is 6.82. The molecule has 0 aliphatic carbocycles. The maximum absolute atomic E-state index is 2.33. The van der Waals surface area contributed by atoms with Gasteiger partial charge in [-0.25, -0.2) is 0 Å². The largest absolute Gasteiger partial charge is 0.0654 e. The molecular formula is C21H43. The first-order chi connectivity index (χ1) is 10.3. The van der Waals surface area contributed by atoms with Crippen molar-refractivity contribution in [3.63, 3.8) is 0 Å². The predicted octanol–water partition coefficient (Wildman–Crippen LogP) is 8.11. The topological polar surface area (TPSA) is 0 Å². The lowest BCUT2D eigenvalue weighted by atomic mass is 9.90. The van der Waals surface area contributed by atoms with Crippen LogP contribution in [0.5, 0.6) is 0 Å². The van der Waals surface area contributed by atoms with Crippen molar-refractivity contribution in [1.29, 1.82) is 0 Å². The predicted molar refractivity (Wildman–Crippen MR) is 98.7 cm³/mol. The van der Waals surface area contributed by atoms with Crippen molar-refractivity contribution in [2.24, 2.45) is 5.92 Å². The Morgan fingerprint density at radius 2 is 1.05 bits per heavy atom. The summed E-state index contributed by atoms with van der Waals surface area (Å²) in [4.78, 5) is 0. The molecule has 0 aromatic carbocycles. The average Bonchev–Trinajstić information content (AvgIpc) is 2.50. The Balaban J connectivity index is 3.44. The van der Waals surface area contributed by atoms with Gasteiger partial charge in [0.25, 0.3) is 0 Å². The second kappa shape index (κ2) is 18.1. The minimum atomic E-state index is 1.02. The molecule has 0 amide bonds. The molecule has 0 heterocycles. The molecule has 0 saturated heterocycles. The molecule has 1 unspecified atom stereocenters. The van der Waals surface area contributed by atoms with Crippen LogP contribution in [0.4, 0.5) is 0 Å². The summed E-state index contributed by atoms with van der Waals surface area (Å²) >= 11 is 0. The van der Waals surface area contributed by atoms with Gasteiger partial charge in [0.15, 0.2) is 0 Å². The van der Waals surface area contributed by atoms with E-state index in [1.807, 2.05) is 0 Å². The molecule has 0 N–H and O–H groups in total. The summed E-state index contributed by atoms with van der Waals surface area (Å²) < 4.78 is 0. The van der Waals surface area contributed by atoms with Crippen molar-refractivity contribution >= 4 is 0 Å². The van der Waals surface area contributed by atoms with Crippen LogP contribution in [0.25, 0.3) is 0 Å². The molecule has 0 aliphatic rings. The second-order valence-electron chi connectivity index (χ2n) is 6.96. The number of hydrogen-bond acceptors (Lipinski definition) is 0. The number of hydrogen-bond donors (Lipinski definition) is 0. The molecular weight excluding hydrogens is 252 g/mol. The van der Waals surface area contributed by atoms with Crippen LogP contribution in [-0.2, 0) is 0 Å². The highest BCUT2D eigenvalue weighted by Crippen LogP contribution is 2.23. The van der Waals surface area contributed by atoms with Gasteiger partial charge in [-0.15, -0.1) is 0 Å². The highest BCUT2D eigenvalue weighted by Gasteiger charge is 2.07. The molecule has 21 heavy (non-hydrogen) atoms. The van der Waals surface area contributed by atoms with Crippen LogP contribution in [0.2, 0.25) is 0 Å². The van der Waals surface area contributed by atoms with E-state index in [1.54, 1.807) is 0 Å². The van der Waals surface area contributed by atoms with E-state index in [2.05, 4.69) is 27.2 Å². The smallest absolute Gasteiger partial charge is 0.0414 e. The van der Waals surface area contributed by atoms with Crippen LogP contribution in [0.1, 0.15) is 124 Å². The Morgan fingerprint density at radius 1 is 0.571 bits per heavy atom.